The third kappa shape index (κ3) is 6.63. The fraction of sp³-hybridized carbons (Fsp3) is 0.588. The minimum absolute atomic E-state index is 0.215. The highest BCUT2D eigenvalue weighted by Gasteiger charge is 2.10. The number of rotatable bonds is 11. The first-order valence-corrected chi connectivity index (χ1v) is 7.84. The van der Waals surface area contributed by atoms with Crippen molar-refractivity contribution in [2.45, 2.75) is 39.5 Å². The van der Waals surface area contributed by atoms with Crippen LogP contribution in [0.25, 0.3) is 0 Å². The molecule has 1 unspecified atom stereocenters. The molecule has 0 fully saturated rings. The second-order valence-corrected chi connectivity index (χ2v) is 5.27. The van der Waals surface area contributed by atoms with E-state index in [1.165, 1.54) is 25.7 Å². The summed E-state index contributed by atoms with van der Waals surface area (Å²) in [4.78, 5) is 11.0. The van der Waals surface area contributed by atoms with Crippen LogP contribution in [0, 0.1) is 5.92 Å². The second kappa shape index (κ2) is 10.2. The molecule has 2 N–H and O–H groups in total. The molecule has 0 heterocycles. The van der Waals surface area contributed by atoms with E-state index >= 15 is 0 Å². The summed E-state index contributed by atoms with van der Waals surface area (Å²) in [7, 11) is 0. The number of hydrogen-bond acceptors (Lipinski definition) is 3. The Morgan fingerprint density at radius 2 is 2.10 bits per heavy atom. The van der Waals surface area contributed by atoms with E-state index in [9.17, 15) is 4.79 Å². The molecular weight excluding hydrogens is 266 g/mol. The summed E-state index contributed by atoms with van der Waals surface area (Å²) in [5, 5.41) is 12.5. The summed E-state index contributed by atoms with van der Waals surface area (Å²) < 4.78 is 5.55. The van der Waals surface area contributed by atoms with Crippen molar-refractivity contribution in [2.75, 3.05) is 19.7 Å². The quantitative estimate of drug-likeness (QED) is 0.612. The Hall–Kier alpha value is -1.55. The maximum Gasteiger partial charge on any atom is 0.339 e. The summed E-state index contributed by atoms with van der Waals surface area (Å²) >= 11 is 0. The molecule has 0 aliphatic carbocycles. The molecule has 118 valence electrons. The van der Waals surface area contributed by atoms with E-state index in [0.717, 1.165) is 19.0 Å². The van der Waals surface area contributed by atoms with Gasteiger partial charge in [-0.15, -0.1) is 0 Å². The van der Waals surface area contributed by atoms with Crippen LogP contribution in [-0.2, 0) is 0 Å². The van der Waals surface area contributed by atoms with Gasteiger partial charge in [-0.25, -0.2) is 4.79 Å². The van der Waals surface area contributed by atoms with Gasteiger partial charge < -0.3 is 15.2 Å². The lowest BCUT2D eigenvalue weighted by Crippen LogP contribution is -2.27. The first-order chi connectivity index (χ1) is 10.2. The van der Waals surface area contributed by atoms with Crippen molar-refractivity contribution in [3.8, 4) is 5.75 Å². The SMILES string of the molecule is CCCCC(CC)CNCCOc1ccccc1C(=O)O. The Kier molecular flexibility index (Phi) is 8.51. The third-order valence-corrected chi connectivity index (χ3v) is 3.63. The second-order valence-electron chi connectivity index (χ2n) is 5.27. The first-order valence-electron chi connectivity index (χ1n) is 7.84. The molecule has 1 rings (SSSR count). The highest BCUT2D eigenvalue weighted by Crippen LogP contribution is 2.17. The average Bonchev–Trinajstić information content (AvgIpc) is 2.50. The molecule has 0 radical (unpaired) electrons. The Labute approximate surface area is 127 Å². The predicted octanol–water partition coefficient (Wildman–Crippen LogP) is 3.57. The molecule has 0 aromatic heterocycles. The van der Waals surface area contributed by atoms with Crippen molar-refractivity contribution >= 4 is 5.97 Å². The monoisotopic (exact) mass is 293 g/mol. The van der Waals surface area contributed by atoms with Gasteiger partial charge in [0.15, 0.2) is 0 Å². The molecule has 0 bridgehead atoms. The molecule has 1 atom stereocenters. The van der Waals surface area contributed by atoms with Crippen LogP contribution < -0.4 is 10.1 Å². The molecule has 1 aromatic rings. The molecule has 0 aliphatic heterocycles. The van der Waals surface area contributed by atoms with Crippen molar-refractivity contribution in [3.05, 3.63) is 29.8 Å². The van der Waals surface area contributed by atoms with E-state index in [1.54, 1.807) is 24.3 Å². The van der Waals surface area contributed by atoms with E-state index in [1.807, 2.05) is 0 Å². The Bertz CT molecular complexity index is 420. The number of carbonyl (C=O) groups is 1. The lowest BCUT2D eigenvalue weighted by Gasteiger charge is -2.15. The molecule has 21 heavy (non-hydrogen) atoms. The summed E-state index contributed by atoms with van der Waals surface area (Å²) in [5.41, 5.74) is 0.215. The normalized spacial score (nSPS) is 12.1. The first kappa shape index (κ1) is 17.5. The maximum absolute atomic E-state index is 11.0. The molecular formula is C17H27NO3. The van der Waals surface area contributed by atoms with Crippen LogP contribution in [0.1, 0.15) is 49.9 Å². The maximum atomic E-state index is 11.0. The van der Waals surface area contributed by atoms with E-state index in [2.05, 4.69) is 19.2 Å². The van der Waals surface area contributed by atoms with Crippen LogP contribution in [0.15, 0.2) is 24.3 Å². The fourth-order valence-corrected chi connectivity index (χ4v) is 2.25. The molecule has 0 saturated heterocycles. The van der Waals surface area contributed by atoms with Crippen LogP contribution in [-0.4, -0.2) is 30.8 Å². The Balaban J connectivity index is 2.26. The summed E-state index contributed by atoms with van der Waals surface area (Å²) in [5.74, 6) is 0.199. The van der Waals surface area contributed by atoms with Gasteiger partial charge >= 0.3 is 5.97 Å². The van der Waals surface area contributed by atoms with Gasteiger partial charge in [-0.05, 0) is 31.0 Å². The van der Waals surface area contributed by atoms with Gasteiger partial charge in [0.2, 0.25) is 0 Å². The van der Waals surface area contributed by atoms with Gasteiger partial charge in [-0.1, -0.05) is 45.2 Å². The van der Waals surface area contributed by atoms with Gasteiger partial charge in [0, 0.05) is 6.54 Å². The fourth-order valence-electron chi connectivity index (χ4n) is 2.25. The topological polar surface area (TPSA) is 58.6 Å². The van der Waals surface area contributed by atoms with Crippen LogP contribution in [0.4, 0.5) is 0 Å². The zero-order chi connectivity index (χ0) is 15.5. The minimum Gasteiger partial charge on any atom is -0.491 e. The number of hydrogen-bond donors (Lipinski definition) is 2. The van der Waals surface area contributed by atoms with Crippen LogP contribution in [0.3, 0.4) is 0 Å². The standard InChI is InChI=1S/C17H27NO3/c1-3-5-8-14(4-2)13-18-11-12-21-16-10-7-6-9-15(16)17(19)20/h6-7,9-10,14,18H,3-5,8,11-13H2,1-2H3,(H,19,20). The highest BCUT2D eigenvalue weighted by molar-refractivity contribution is 5.90. The van der Waals surface area contributed by atoms with Gasteiger partial charge in [0.05, 0.1) is 0 Å². The summed E-state index contributed by atoms with van der Waals surface area (Å²) in [6.45, 7) is 6.65. The number of para-hydroxylation sites is 1. The number of aromatic carboxylic acids is 1. The van der Waals surface area contributed by atoms with E-state index in [-0.39, 0.29) is 5.56 Å². The molecule has 0 aliphatic rings. The number of unbranched alkanes of at least 4 members (excludes halogenated alkanes) is 1. The van der Waals surface area contributed by atoms with Crippen molar-refractivity contribution in [3.63, 3.8) is 0 Å². The molecule has 0 spiro atoms. The van der Waals surface area contributed by atoms with Gasteiger partial charge in [-0.2, -0.15) is 0 Å². The number of nitrogens with one attached hydrogen (secondary N) is 1. The Morgan fingerprint density at radius 3 is 2.76 bits per heavy atom. The van der Waals surface area contributed by atoms with Crippen LogP contribution in [0.5, 0.6) is 5.75 Å². The van der Waals surface area contributed by atoms with Crippen molar-refractivity contribution < 1.29 is 14.6 Å². The number of ether oxygens (including phenoxy) is 1. The largest absolute Gasteiger partial charge is 0.491 e. The average molecular weight is 293 g/mol. The zero-order valence-electron chi connectivity index (χ0n) is 13.1. The van der Waals surface area contributed by atoms with Gasteiger partial charge in [-0.3, -0.25) is 0 Å². The summed E-state index contributed by atoms with van der Waals surface area (Å²) in [6, 6.07) is 6.74. The molecule has 0 saturated carbocycles. The van der Waals surface area contributed by atoms with Crippen LogP contribution >= 0.6 is 0 Å². The smallest absolute Gasteiger partial charge is 0.339 e. The van der Waals surface area contributed by atoms with Gasteiger partial charge in [0.1, 0.15) is 17.9 Å². The van der Waals surface area contributed by atoms with E-state index in [0.29, 0.717) is 12.4 Å². The number of carboxylic acids is 1. The minimum atomic E-state index is -0.954. The summed E-state index contributed by atoms with van der Waals surface area (Å²) in [6.07, 6.45) is 4.98. The van der Waals surface area contributed by atoms with Crippen molar-refractivity contribution in [1.29, 1.82) is 0 Å². The predicted molar refractivity (Wildman–Crippen MR) is 85.1 cm³/mol. The molecule has 1 aromatic carbocycles. The van der Waals surface area contributed by atoms with Crippen LogP contribution in [0.2, 0.25) is 0 Å². The Morgan fingerprint density at radius 1 is 1.33 bits per heavy atom. The number of carboxylic acid groups (broad SMARTS) is 1. The van der Waals surface area contributed by atoms with E-state index < -0.39 is 5.97 Å². The molecule has 4 nitrogen and oxygen atoms in total. The van der Waals surface area contributed by atoms with Crippen molar-refractivity contribution in [2.24, 2.45) is 5.92 Å². The highest BCUT2D eigenvalue weighted by atomic mass is 16.5. The molecule has 4 heteroatoms. The lowest BCUT2D eigenvalue weighted by molar-refractivity contribution is 0.0692. The van der Waals surface area contributed by atoms with Gasteiger partial charge in [0.25, 0.3) is 0 Å². The third-order valence-electron chi connectivity index (χ3n) is 3.63. The van der Waals surface area contributed by atoms with Crippen molar-refractivity contribution in [1.82, 2.24) is 5.32 Å². The van der Waals surface area contributed by atoms with E-state index in [4.69, 9.17) is 9.84 Å². The lowest BCUT2D eigenvalue weighted by atomic mass is 9.99. The molecule has 0 amide bonds. The number of benzene rings is 1. The zero-order valence-corrected chi connectivity index (χ0v) is 13.1.